The summed E-state index contributed by atoms with van der Waals surface area (Å²) < 4.78 is 6.12. The van der Waals surface area contributed by atoms with E-state index in [9.17, 15) is 0 Å². The van der Waals surface area contributed by atoms with Crippen molar-refractivity contribution in [2.75, 3.05) is 13.1 Å². The molecule has 0 radical (unpaired) electrons. The summed E-state index contributed by atoms with van der Waals surface area (Å²) in [6.45, 7) is 12.6. The average Bonchev–Trinajstić information content (AvgIpc) is 3.34. The van der Waals surface area contributed by atoms with Crippen molar-refractivity contribution in [1.82, 2.24) is 4.90 Å². The predicted octanol–water partition coefficient (Wildman–Crippen LogP) is 6.67. The maximum absolute atomic E-state index is 6.12. The fourth-order valence-electron chi connectivity index (χ4n) is 4.16. The Labute approximate surface area is 185 Å². The summed E-state index contributed by atoms with van der Waals surface area (Å²) in [7, 11) is 0. The Bertz CT molecular complexity index is 1070. The van der Waals surface area contributed by atoms with Crippen LogP contribution in [-0.4, -0.2) is 35.3 Å². The molecule has 0 unspecified atom stereocenters. The van der Waals surface area contributed by atoms with Gasteiger partial charge in [0, 0.05) is 24.4 Å². The van der Waals surface area contributed by atoms with E-state index < -0.39 is 0 Å². The first-order chi connectivity index (χ1) is 14.8. The Hall–Kier alpha value is -2.59. The zero-order chi connectivity index (χ0) is 22.0. The first-order valence-electron chi connectivity index (χ1n) is 11.4. The highest BCUT2D eigenvalue weighted by atomic mass is 16.6. The predicted molar refractivity (Wildman–Crippen MR) is 129 cm³/mol. The molecule has 4 nitrogen and oxygen atoms in total. The molecule has 0 aliphatic carbocycles. The van der Waals surface area contributed by atoms with Gasteiger partial charge in [-0.1, -0.05) is 29.4 Å². The molecule has 1 atom stereocenters. The van der Waals surface area contributed by atoms with Crippen LogP contribution in [0.15, 0.2) is 58.1 Å². The number of hydrogen-bond donors (Lipinski definition) is 0. The van der Waals surface area contributed by atoms with Gasteiger partial charge in [-0.15, -0.1) is 0 Å². The summed E-state index contributed by atoms with van der Waals surface area (Å²) in [5, 5.41) is 5.47. The van der Waals surface area contributed by atoms with E-state index in [1.807, 2.05) is 27.7 Å². The van der Waals surface area contributed by atoms with Crippen LogP contribution < -0.4 is 0 Å². The molecule has 0 spiro atoms. The van der Waals surface area contributed by atoms with Crippen LogP contribution in [-0.2, 0) is 11.3 Å². The SMILES string of the molecule is C/C(=N\OC(C)(C)C)c1cccc(-c2ccc3oc(CCN4CCC[C@H]4C)cc3c2)c1. The van der Waals surface area contributed by atoms with Gasteiger partial charge in [-0.3, -0.25) is 0 Å². The van der Waals surface area contributed by atoms with Gasteiger partial charge in [-0.25, -0.2) is 0 Å². The number of benzene rings is 2. The Kier molecular flexibility index (Phi) is 6.19. The largest absolute Gasteiger partial charge is 0.461 e. The lowest BCUT2D eigenvalue weighted by Crippen LogP contribution is -2.28. The third-order valence-electron chi connectivity index (χ3n) is 5.97. The van der Waals surface area contributed by atoms with Gasteiger partial charge < -0.3 is 14.2 Å². The molecule has 2 aromatic carbocycles. The Morgan fingerprint density at radius 3 is 2.68 bits per heavy atom. The molecule has 31 heavy (non-hydrogen) atoms. The molecule has 0 saturated carbocycles. The Morgan fingerprint density at radius 2 is 1.94 bits per heavy atom. The standard InChI is InChI=1S/C27H34N2O2/c1-19-8-7-14-29(19)15-13-25-18-24-17-23(11-12-26(24)30-25)22-10-6-9-21(16-22)20(2)28-31-27(3,4)5/h6,9-12,16-19H,7-8,13-15H2,1-5H3/b28-20+/t19-/m1/s1. The van der Waals surface area contributed by atoms with Crippen molar-refractivity contribution in [3.63, 3.8) is 0 Å². The van der Waals surface area contributed by atoms with Gasteiger partial charge in [-0.2, -0.15) is 0 Å². The van der Waals surface area contributed by atoms with Gasteiger partial charge in [0.15, 0.2) is 0 Å². The highest BCUT2D eigenvalue weighted by Gasteiger charge is 2.20. The van der Waals surface area contributed by atoms with Gasteiger partial charge in [0.25, 0.3) is 0 Å². The first-order valence-corrected chi connectivity index (χ1v) is 11.4. The molecule has 0 amide bonds. The molecule has 1 aromatic heterocycles. The molecule has 1 aliphatic heterocycles. The van der Waals surface area contributed by atoms with E-state index >= 15 is 0 Å². The lowest BCUT2D eigenvalue weighted by Gasteiger charge is -2.19. The van der Waals surface area contributed by atoms with Crippen molar-refractivity contribution in [1.29, 1.82) is 0 Å². The number of fused-ring (bicyclic) bond motifs is 1. The normalized spacial score (nSPS) is 18.1. The smallest absolute Gasteiger partial charge is 0.134 e. The molecule has 1 fully saturated rings. The summed E-state index contributed by atoms with van der Waals surface area (Å²) in [4.78, 5) is 8.16. The number of likely N-dealkylation sites (tertiary alicyclic amines) is 1. The number of oxime groups is 1. The number of hydrogen-bond acceptors (Lipinski definition) is 4. The lowest BCUT2D eigenvalue weighted by molar-refractivity contribution is 0.000956. The summed E-state index contributed by atoms with van der Waals surface area (Å²) >= 11 is 0. The zero-order valence-electron chi connectivity index (χ0n) is 19.4. The van der Waals surface area contributed by atoms with Crippen LogP contribution >= 0.6 is 0 Å². The molecule has 4 heteroatoms. The third kappa shape index (κ3) is 5.37. The van der Waals surface area contributed by atoms with Crippen LogP contribution in [0.4, 0.5) is 0 Å². The van der Waals surface area contributed by atoms with Crippen LogP contribution in [0.1, 0.15) is 58.8 Å². The monoisotopic (exact) mass is 418 g/mol. The molecule has 1 saturated heterocycles. The maximum atomic E-state index is 6.12. The van der Waals surface area contributed by atoms with Gasteiger partial charge in [0.2, 0.25) is 0 Å². The molecule has 1 aliphatic rings. The second kappa shape index (κ2) is 8.88. The van der Waals surface area contributed by atoms with Gasteiger partial charge in [0.1, 0.15) is 16.9 Å². The van der Waals surface area contributed by atoms with E-state index in [1.54, 1.807) is 0 Å². The van der Waals surface area contributed by atoms with Crippen LogP contribution in [0.3, 0.4) is 0 Å². The first kappa shape index (κ1) is 21.6. The van der Waals surface area contributed by atoms with Crippen molar-refractivity contribution in [3.05, 3.63) is 59.9 Å². The molecule has 0 bridgehead atoms. The van der Waals surface area contributed by atoms with Crippen LogP contribution in [0.2, 0.25) is 0 Å². The molecular formula is C27H34N2O2. The van der Waals surface area contributed by atoms with E-state index in [2.05, 4.69) is 65.5 Å². The van der Waals surface area contributed by atoms with Gasteiger partial charge in [-0.05, 0) is 95.0 Å². The van der Waals surface area contributed by atoms with Crippen LogP contribution in [0, 0.1) is 0 Å². The average molecular weight is 419 g/mol. The Morgan fingerprint density at radius 1 is 1.13 bits per heavy atom. The second-order valence-corrected chi connectivity index (χ2v) is 9.70. The topological polar surface area (TPSA) is 38.0 Å². The van der Waals surface area contributed by atoms with Gasteiger partial charge in [0.05, 0.1) is 5.71 Å². The minimum absolute atomic E-state index is 0.296. The molecule has 3 aromatic rings. The minimum atomic E-state index is -0.296. The zero-order valence-corrected chi connectivity index (χ0v) is 19.4. The molecular weight excluding hydrogens is 384 g/mol. The molecule has 164 valence electrons. The lowest BCUT2D eigenvalue weighted by atomic mass is 10.0. The number of furan rings is 1. The summed E-state index contributed by atoms with van der Waals surface area (Å²) in [5.74, 6) is 1.07. The third-order valence-corrected chi connectivity index (χ3v) is 5.97. The Balaban J connectivity index is 1.52. The van der Waals surface area contributed by atoms with Crippen LogP contribution in [0.5, 0.6) is 0 Å². The van der Waals surface area contributed by atoms with E-state index in [4.69, 9.17) is 9.25 Å². The van der Waals surface area contributed by atoms with Crippen molar-refractivity contribution >= 4 is 16.7 Å². The highest BCUT2D eigenvalue weighted by Crippen LogP contribution is 2.28. The number of nitrogens with zero attached hydrogens (tertiary/aromatic N) is 2. The van der Waals surface area contributed by atoms with Crippen molar-refractivity contribution in [2.45, 2.75) is 65.5 Å². The summed E-state index contributed by atoms with van der Waals surface area (Å²) in [5.41, 5.74) is 4.95. The molecule has 2 heterocycles. The maximum Gasteiger partial charge on any atom is 0.134 e. The van der Waals surface area contributed by atoms with Crippen LogP contribution in [0.25, 0.3) is 22.1 Å². The summed E-state index contributed by atoms with van der Waals surface area (Å²) in [6, 6.07) is 17.8. The number of rotatable bonds is 6. The second-order valence-electron chi connectivity index (χ2n) is 9.70. The van der Waals surface area contributed by atoms with Gasteiger partial charge >= 0.3 is 0 Å². The van der Waals surface area contributed by atoms with E-state index in [0.717, 1.165) is 41.0 Å². The highest BCUT2D eigenvalue weighted by molar-refractivity contribution is 5.99. The quantitative estimate of drug-likeness (QED) is 0.332. The van der Waals surface area contributed by atoms with Crippen molar-refractivity contribution in [2.24, 2.45) is 5.16 Å². The van der Waals surface area contributed by atoms with Crippen molar-refractivity contribution < 1.29 is 9.25 Å². The fourth-order valence-corrected chi connectivity index (χ4v) is 4.16. The van der Waals surface area contributed by atoms with E-state index in [-0.39, 0.29) is 5.60 Å². The van der Waals surface area contributed by atoms with E-state index in [0.29, 0.717) is 6.04 Å². The molecule has 0 N–H and O–H groups in total. The molecule has 4 rings (SSSR count). The fraction of sp³-hybridized carbons (Fsp3) is 0.444. The van der Waals surface area contributed by atoms with E-state index in [1.165, 1.54) is 30.5 Å². The summed E-state index contributed by atoms with van der Waals surface area (Å²) in [6.07, 6.45) is 3.60. The minimum Gasteiger partial charge on any atom is -0.461 e. The van der Waals surface area contributed by atoms with Crippen molar-refractivity contribution in [3.8, 4) is 11.1 Å².